The van der Waals surface area contributed by atoms with Crippen molar-refractivity contribution in [2.24, 2.45) is 0 Å². The Morgan fingerprint density at radius 2 is 1.61 bits per heavy atom. The molecule has 0 saturated carbocycles. The monoisotopic (exact) mass is 277 g/mol. The van der Waals surface area contributed by atoms with Crippen molar-refractivity contribution in [3.63, 3.8) is 0 Å². The highest BCUT2D eigenvalue weighted by molar-refractivity contribution is 7.80. The second kappa shape index (κ2) is 13.7. The highest BCUT2D eigenvalue weighted by Gasteiger charge is 2.06. The van der Waals surface area contributed by atoms with Gasteiger partial charge in [-0.1, -0.05) is 32.1 Å². The van der Waals surface area contributed by atoms with Gasteiger partial charge in [0.2, 0.25) is 0 Å². The molecule has 1 atom stereocenters. The van der Waals surface area contributed by atoms with E-state index in [1.807, 2.05) is 0 Å². The molecule has 0 aliphatic rings. The van der Waals surface area contributed by atoms with Crippen LogP contribution in [0, 0.1) is 0 Å². The molecule has 0 aliphatic heterocycles. The van der Waals surface area contributed by atoms with Gasteiger partial charge in [0.05, 0.1) is 12.7 Å². The number of likely N-dealkylation sites (N-methyl/N-ethyl adjacent to an activating group) is 1. The summed E-state index contributed by atoms with van der Waals surface area (Å²) >= 11 is 4.21. The van der Waals surface area contributed by atoms with Crippen molar-refractivity contribution in [1.82, 2.24) is 4.90 Å². The van der Waals surface area contributed by atoms with Crippen LogP contribution < -0.4 is 0 Å². The van der Waals surface area contributed by atoms with Gasteiger partial charge in [0.1, 0.15) is 0 Å². The lowest BCUT2D eigenvalue weighted by molar-refractivity contribution is 0.0430. The molecule has 0 bridgehead atoms. The molecule has 0 amide bonds. The third-order valence-electron chi connectivity index (χ3n) is 3.08. The number of nitrogens with zero attached hydrogens (tertiary/aromatic N) is 1. The number of methoxy groups -OCH3 is 1. The van der Waals surface area contributed by atoms with Gasteiger partial charge in [0, 0.05) is 13.7 Å². The van der Waals surface area contributed by atoms with E-state index in [0.717, 1.165) is 12.3 Å². The van der Waals surface area contributed by atoms with Gasteiger partial charge in [-0.2, -0.15) is 12.6 Å². The Balaban J connectivity index is 3.22. The fourth-order valence-corrected chi connectivity index (χ4v) is 2.30. The van der Waals surface area contributed by atoms with Crippen LogP contribution in [0.1, 0.15) is 44.9 Å². The van der Waals surface area contributed by atoms with Gasteiger partial charge >= 0.3 is 0 Å². The minimum Gasteiger partial charge on any atom is -0.389 e. The molecule has 4 heteroatoms. The standard InChI is InChI=1S/C14H31NO2S/c1-15(12-14(16)13-17-2)10-8-6-4-3-5-7-9-11-18/h14,16,18H,3-13H2,1-2H3. The van der Waals surface area contributed by atoms with Crippen LogP contribution in [0.15, 0.2) is 0 Å². The van der Waals surface area contributed by atoms with Crippen molar-refractivity contribution < 1.29 is 9.84 Å². The molecule has 1 N–H and O–H groups in total. The first kappa shape index (κ1) is 18.2. The quantitative estimate of drug-likeness (QED) is 0.401. The molecule has 0 spiro atoms. The summed E-state index contributed by atoms with van der Waals surface area (Å²) in [4.78, 5) is 2.19. The number of hydrogen-bond donors (Lipinski definition) is 2. The van der Waals surface area contributed by atoms with E-state index in [1.54, 1.807) is 7.11 Å². The molecule has 0 aliphatic carbocycles. The predicted molar refractivity (Wildman–Crippen MR) is 81.6 cm³/mol. The molecule has 0 fully saturated rings. The Hall–Kier alpha value is 0.230. The Bertz CT molecular complexity index is 170. The Labute approximate surface area is 118 Å². The Kier molecular flexibility index (Phi) is 13.8. The molecule has 0 saturated heterocycles. The van der Waals surface area contributed by atoms with Crippen LogP contribution in [-0.2, 0) is 4.74 Å². The summed E-state index contributed by atoms with van der Waals surface area (Å²) in [6.45, 7) is 2.20. The summed E-state index contributed by atoms with van der Waals surface area (Å²) in [6.07, 6.45) is 8.78. The van der Waals surface area contributed by atoms with Gasteiger partial charge in [-0.05, 0) is 32.2 Å². The second-order valence-corrected chi connectivity index (χ2v) is 5.52. The SMILES string of the molecule is COCC(O)CN(C)CCCCCCCCCS. The second-order valence-electron chi connectivity index (χ2n) is 5.07. The van der Waals surface area contributed by atoms with Crippen molar-refractivity contribution in [3.05, 3.63) is 0 Å². The first-order valence-corrected chi connectivity index (χ1v) is 7.80. The molecule has 0 heterocycles. The van der Waals surface area contributed by atoms with Crippen LogP contribution >= 0.6 is 12.6 Å². The molecule has 0 aromatic heterocycles. The van der Waals surface area contributed by atoms with Gasteiger partial charge < -0.3 is 14.7 Å². The lowest BCUT2D eigenvalue weighted by atomic mass is 10.1. The molecule has 0 rings (SSSR count). The number of rotatable bonds is 13. The van der Waals surface area contributed by atoms with Crippen molar-refractivity contribution in [1.29, 1.82) is 0 Å². The smallest absolute Gasteiger partial charge is 0.0899 e. The number of ether oxygens (including phenoxy) is 1. The summed E-state index contributed by atoms with van der Waals surface area (Å²) in [5.74, 6) is 1.02. The van der Waals surface area contributed by atoms with Crippen molar-refractivity contribution in [2.45, 2.75) is 51.0 Å². The minimum atomic E-state index is -0.360. The summed E-state index contributed by atoms with van der Waals surface area (Å²) < 4.78 is 4.91. The van der Waals surface area contributed by atoms with Crippen LogP contribution in [0.2, 0.25) is 0 Å². The van der Waals surface area contributed by atoms with Gasteiger partial charge in [-0.15, -0.1) is 0 Å². The third-order valence-corrected chi connectivity index (χ3v) is 3.40. The van der Waals surface area contributed by atoms with Gasteiger partial charge in [0.15, 0.2) is 0 Å². The zero-order chi connectivity index (χ0) is 13.6. The number of aliphatic hydroxyl groups excluding tert-OH is 1. The fourth-order valence-electron chi connectivity index (χ4n) is 2.07. The summed E-state index contributed by atoms with van der Waals surface area (Å²) in [7, 11) is 3.68. The lowest BCUT2D eigenvalue weighted by Gasteiger charge is -2.19. The molecular formula is C14H31NO2S. The predicted octanol–water partition coefficient (Wildman–Crippen LogP) is 2.59. The maximum Gasteiger partial charge on any atom is 0.0899 e. The van der Waals surface area contributed by atoms with Gasteiger partial charge in [-0.25, -0.2) is 0 Å². The number of hydrogen-bond acceptors (Lipinski definition) is 4. The van der Waals surface area contributed by atoms with Crippen LogP contribution in [0.25, 0.3) is 0 Å². The average molecular weight is 277 g/mol. The summed E-state index contributed by atoms with van der Waals surface area (Å²) in [6, 6.07) is 0. The summed E-state index contributed by atoms with van der Waals surface area (Å²) in [5, 5.41) is 9.57. The van der Waals surface area contributed by atoms with Crippen molar-refractivity contribution in [2.75, 3.05) is 39.6 Å². The number of unbranched alkanes of at least 4 members (excludes halogenated alkanes) is 6. The zero-order valence-electron chi connectivity index (χ0n) is 12.1. The van der Waals surface area contributed by atoms with Crippen molar-refractivity contribution in [3.8, 4) is 0 Å². The van der Waals surface area contributed by atoms with E-state index in [9.17, 15) is 5.11 Å². The van der Waals surface area contributed by atoms with Crippen LogP contribution in [0.4, 0.5) is 0 Å². The molecule has 18 heavy (non-hydrogen) atoms. The average Bonchev–Trinajstić information content (AvgIpc) is 2.32. The van der Waals surface area contributed by atoms with Gasteiger partial charge in [-0.3, -0.25) is 0 Å². The first-order valence-electron chi connectivity index (χ1n) is 7.17. The zero-order valence-corrected chi connectivity index (χ0v) is 13.0. The van der Waals surface area contributed by atoms with Gasteiger partial charge in [0.25, 0.3) is 0 Å². The van der Waals surface area contributed by atoms with Crippen LogP contribution in [-0.4, -0.2) is 55.7 Å². The Morgan fingerprint density at radius 1 is 1.06 bits per heavy atom. The van der Waals surface area contributed by atoms with Crippen LogP contribution in [0.3, 0.4) is 0 Å². The van der Waals surface area contributed by atoms with E-state index in [-0.39, 0.29) is 6.10 Å². The van der Waals surface area contributed by atoms with Crippen molar-refractivity contribution >= 4 is 12.6 Å². The molecule has 0 aromatic carbocycles. The Morgan fingerprint density at radius 3 is 2.17 bits per heavy atom. The maximum absolute atomic E-state index is 9.57. The van der Waals surface area contributed by atoms with E-state index >= 15 is 0 Å². The molecule has 3 nitrogen and oxygen atoms in total. The highest BCUT2D eigenvalue weighted by atomic mass is 32.1. The molecule has 0 aromatic rings. The molecule has 1 unspecified atom stereocenters. The first-order chi connectivity index (χ1) is 8.70. The topological polar surface area (TPSA) is 32.7 Å². The van der Waals surface area contributed by atoms with E-state index in [4.69, 9.17) is 4.74 Å². The van der Waals surface area contributed by atoms with Crippen LogP contribution in [0.5, 0.6) is 0 Å². The molecular weight excluding hydrogens is 246 g/mol. The van der Waals surface area contributed by atoms with E-state index in [1.165, 1.54) is 44.9 Å². The normalized spacial score (nSPS) is 13.2. The lowest BCUT2D eigenvalue weighted by Crippen LogP contribution is -2.32. The van der Waals surface area contributed by atoms with E-state index < -0.39 is 0 Å². The minimum absolute atomic E-state index is 0.360. The number of aliphatic hydroxyl groups is 1. The number of thiol groups is 1. The maximum atomic E-state index is 9.57. The largest absolute Gasteiger partial charge is 0.389 e. The summed E-state index contributed by atoms with van der Waals surface area (Å²) in [5.41, 5.74) is 0. The highest BCUT2D eigenvalue weighted by Crippen LogP contribution is 2.08. The molecule has 0 radical (unpaired) electrons. The molecule has 110 valence electrons. The third kappa shape index (κ3) is 12.7. The fraction of sp³-hybridized carbons (Fsp3) is 1.00. The van der Waals surface area contributed by atoms with E-state index in [2.05, 4.69) is 24.6 Å². The van der Waals surface area contributed by atoms with E-state index in [0.29, 0.717) is 13.2 Å².